The number of amides is 1. The first-order chi connectivity index (χ1) is 10.8. The highest BCUT2D eigenvalue weighted by Gasteiger charge is 2.10. The molecule has 0 bridgehead atoms. The fraction of sp³-hybridized carbons (Fsp3) is 0.267. The van der Waals surface area contributed by atoms with Gasteiger partial charge in [0, 0.05) is 29.1 Å². The zero-order chi connectivity index (χ0) is 15.6. The summed E-state index contributed by atoms with van der Waals surface area (Å²) >= 11 is 3.48. The fourth-order valence-electron chi connectivity index (χ4n) is 1.57. The molecule has 0 saturated carbocycles. The molecule has 2 aromatic heterocycles. The summed E-state index contributed by atoms with van der Waals surface area (Å²) in [5, 5.41) is 4.76. The summed E-state index contributed by atoms with van der Waals surface area (Å²) in [4.78, 5) is 28.3. The second-order valence-electron chi connectivity index (χ2n) is 4.27. The normalized spacial score (nSPS) is 10.2. The molecule has 0 unspecified atom stereocenters. The van der Waals surface area contributed by atoms with E-state index in [2.05, 4.69) is 16.4 Å². The number of pyridine rings is 1. The standard InChI is InChI=1S/C15H16N2O3S2/c18-14(10-20-15(19)13-5-1-2-6-16-13)17-7-9-21-11-12-4-3-8-22-12/h1-6,8H,7,9-11H2,(H,17,18). The van der Waals surface area contributed by atoms with Gasteiger partial charge in [0.2, 0.25) is 0 Å². The van der Waals surface area contributed by atoms with Crippen molar-refractivity contribution in [3.63, 3.8) is 0 Å². The molecule has 2 heterocycles. The Bertz CT molecular complexity index is 588. The Balaban J connectivity index is 1.55. The Morgan fingerprint density at radius 1 is 1.27 bits per heavy atom. The van der Waals surface area contributed by atoms with Gasteiger partial charge < -0.3 is 10.1 Å². The van der Waals surface area contributed by atoms with Crippen LogP contribution < -0.4 is 5.32 Å². The van der Waals surface area contributed by atoms with E-state index in [4.69, 9.17) is 4.74 Å². The third-order valence-corrected chi connectivity index (χ3v) is 4.67. The summed E-state index contributed by atoms with van der Waals surface area (Å²) < 4.78 is 4.89. The van der Waals surface area contributed by atoms with E-state index in [-0.39, 0.29) is 18.2 Å². The van der Waals surface area contributed by atoms with E-state index in [0.29, 0.717) is 6.54 Å². The minimum absolute atomic E-state index is 0.196. The van der Waals surface area contributed by atoms with Crippen molar-refractivity contribution < 1.29 is 14.3 Å². The molecule has 1 amide bonds. The molecule has 0 fully saturated rings. The molecular weight excluding hydrogens is 320 g/mol. The number of thioether (sulfide) groups is 1. The topological polar surface area (TPSA) is 68.3 Å². The van der Waals surface area contributed by atoms with Crippen LogP contribution in [-0.2, 0) is 15.3 Å². The number of carbonyl (C=O) groups excluding carboxylic acids is 2. The van der Waals surface area contributed by atoms with Crippen molar-refractivity contribution in [3.8, 4) is 0 Å². The van der Waals surface area contributed by atoms with Crippen LogP contribution in [-0.4, -0.2) is 35.8 Å². The van der Waals surface area contributed by atoms with Crippen LogP contribution >= 0.6 is 23.1 Å². The van der Waals surface area contributed by atoms with Crippen LogP contribution in [0.3, 0.4) is 0 Å². The maximum Gasteiger partial charge on any atom is 0.357 e. The van der Waals surface area contributed by atoms with Crippen molar-refractivity contribution >= 4 is 35.0 Å². The molecule has 116 valence electrons. The highest BCUT2D eigenvalue weighted by Crippen LogP contribution is 2.16. The number of nitrogens with zero attached hydrogens (tertiary/aromatic N) is 1. The van der Waals surface area contributed by atoms with Crippen LogP contribution in [0.4, 0.5) is 0 Å². The van der Waals surface area contributed by atoms with Crippen molar-refractivity contribution in [2.24, 2.45) is 0 Å². The number of carbonyl (C=O) groups is 2. The van der Waals surface area contributed by atoms with Gasteiger partial charge in [0.05, 0.1) is 0 Å². The van der Waals surface area contributed by atoms with Crippen LogP contribution in [0.25, 0.3) is 0 Å². The van der Waals surface area contributed by atoms with Crippen LogP contribution in [0.2, 0.25) is 0 Å². The van der Waals surface area contributed by atoms with E-state index in [1.807, 2.05) is 11.4 Å². The SMILES string of the molecule is O=C(COC(=O)c1ccccn1)NCCSCc1cccs1. The van der Waals surface area contributed by atoms with Crippen LogP contribution in [0.1, 0.15) is 15.4 Å². The number of esters is 1. The summed E-state index contributed by atoms with van der Waals surface area (Å²) in [6, 6.07) is 9.05. The quantitative estimate of drug-likeness (QED) is 0.592. The first-order valence-corrected chi connectivity index (χ1v) is 8.74. The van der Waals surface area contributed by atoms with E-state index in [1.165, 1.54) is 11.1 Å². The average Bonchev–Trinajstić information content (AvgIpc) is 3.06. The Hall–Kier alpha value is -1.86. The van der Waals surface area contributed by atoms with Gasteiger partial charge in [0.15, 0.2) is 6.61 Å². The van der Waals surface area contributed by atoms with Crippen molar-refractivity contribution in [3.05, 3.63) is 52.5 Å². The third kappa shape index (κ3) is 5.87. The molecule has 0 radical (unpaired) electrons. The Morgan fingerprint density at radius 2 is 2.18 bits per heavy atom. The van der Waals surface area contributed by atoms with E-state index >= 15 is 0 Å². The molecule has 2 aromatic rings. The van der Waals surface area contributed by atoms with E-state index < -0.39 is 5.97 Å². The predicted molar refractivity (Wildman–Crippen MR) is 88.0 cm³/mol. The molecule has 0 aliphatic heterocycles. The third-order valence-electron chi connectivity index (χ3n) is 2.60. The van der Waals surface area contributed by atoms with Crippen molar-refractivity contribution in [1.82, 2.24) is 10.3 Å². The number of hydrogen-bond acceptors (Lipinski definition) is 6. The zero-order valence-corrected chi connectivity index (χ0v) is 13.5. The van der Waals surface area contributed by atoms with Gasteiger partial charge in [-0.3, -0.25) is 4.79 Å². The minimum Gasteiger partial charge on any atom is -0.451 e. The molecule has 0 saturated heterocycles. The van der Waals surface area contributed by atoms with Crippen LogP contribution in [0, 0.1) is 0 Å². The second-order valence-corrected chi connectivity index (χ2v) is 6.41. The lowest BCUT2D eigenvalue weighted by molar-refractivity contribution is -0.124. The molecule has 0 aliphatic rings. The molecule has 1 N–H and O–H groups in total. The van der Waals surface area contributed by atoms with Gasteiger partial charge in [-0.15, -0.1) is 11.3 Å². The van der Waals surface area contributed by atoms with Crippen molar-refractivity contribution in [2.45, 2.75) is 5.75 Å². The molecular formula is C15H16N2O3S2. The molecule has 2 rings (SSSR count). The maximum atomic E-state index is 11.6. The van der Waals surface area contributed by atoms with Gasteiger partial charge in [-0.2, -0.15) is 11.8 Å². The van der Waals surface area contributed by atoms with Gasteiger partial charge in [0.25, 0.3) is 5.91 Å². The lowest BCUT2D eigenvalue weighted by Gasteiger charge is -2.06. The number of thiophene rings is 1. The first-order valence-electron chi connectivity index (χ1n) is 6.70. The highest BCUT2D eigenvalue weighted by molar-refractivity contribution is 7.98. The molecule has 0 atom stereocenters. The second kappa shape index (κ2) is 9.22. The predicted octanol–water partition coefficient (Wildman–Crippen LogP) is 2.35. The number of ether oxygens (including phenoxy) is 1. The first kappa shape index (κ1) is 16.5. The molecule has 5 nitrogen and oxygen atoms in total. The average molecular weight is 336 g/mol. The van der Waals surface area contributed by atoms with Crippen molar-refractivity contribution in [1.29, 1.82) is 0 Å². The Kier molecular flexibility index (Phi) is 6.92. The highest BCUT2D eigenvalue weighted by atomic mass is 32.2. The summed E-state index contributed by atoms with van der Waals surface area (Å²) in [7, 11) is 0. The Morgan fingerprint density at radius 3 is 2.91 bits per heavy atom. The van der Waals surface area contributed by atoms with Gasteiger partial charge in [-0.05, 0) is 23.6 Å². The molecule has 0 aliphatic carbocycles. The monoisotopic (exact) mass is 336 g/mol. The summed E-state index contributed by atoms with van der Waals surface area (Å²) in [5.41, 5.74) is 0.196. The number of aromatic nitrogens is 1. The number of hydrogen-bond donors (Lipinski definition) is 1. The maximum absolute atomic E-state index is 11.6. The molecule has 0 spiro atoms. The van der Waals surface area contributed by atoms with Gasteiger partial charge in [-0.25, -0.2) is 9.78 Å². The largest absolute Gasteiger partial charge is 0.451 e. The minimum atomic E-state index is -0.595. The lowest BCUT2D eigenvalue weighted by Crippen LogP contribution is -2.30. The number of rotatable bonds is 8. The Labute approximate surface area is 137 Å². The summed E-state index contributed by atoms with van der Waals surface area (Å²) in [6.45, 7) is 0.265. The van der Waals surface area contributed by atoms with E-state index in [0.717, 1.165) is 11.5 Å². The van der Waals surface area contributed by atoms with E-state index in [1.54, 1.807) is 41.3 Å². The fourth-order valence-corrected chi connectivity index (χ4v) is 3.27. The summed E-state index contributed by atoms with van der Waals surface area (Å²) in [6.07, 6.45) is 1.50. The van der Waals surface area contributed by atoms with Crippen LogP contribution in [0.5, 0.6) is 0 Å². The van der Waals surface area contributed by atoms with Gasteiger partial charge in [0.1, 0.15) is 5.69 Å². The molecule has 7 heteroatoms. The van der Waals surface area contributed by atoms with Crippen molar-refractivity contribution in [2.75, 3.05) is 18.9 Å². The molecule has 0 aromatic carbocycles. The van der Waals surface area contributed by atoms with Gasteiger partial charge in [-0.1, -0.05) is 12.1 Å². The van der Waals surface area contributed by atoms with E-state index in [9.17, 15) is 9.59 Å². The van der Waals surface area contributed by atoms with Crippen LogP contribution in [0.15, 0.2) is 41.9 Å². The summed E-state index contributed by atoms with van der Waals surface area (Å²) in [5.74, 6) is 0.865. The number of nitrogens with one attached hydrogen (secondary N) is 1. The molecule has 22 heavy (non-hydrogen) atoms. The van der Waals surface area contributed by atoms with Gasteiger partial charge >= 0.3 is 5.97 Å². The smallest absolute Gasteiger partial charge is 0.357 e. The zero-order valence-electron chi connectivity index (χ0n) is 11.9. The lowest BCUT2D eigenvalue weighted by atomic mass is 10.3.